The number of rotatable bonds is 5. The van der Waals surface area contributed by atoms with Crippen LogP contribution in [0, 0.1) is 0 Å². The van der Waals surface area contributed by atoms with Crippen LogP contribution in [0.2, 0.25) is 0 Å². The Morgan fingerprint density at radius 1 is 0.800 bits per heavy atom. The number of hydrogen-bond donors (Lipinski definition) is 1. The molecule has 0 saturated carbocycles. The molecular formula is C23H23NO. The maximum absolute atomic E-state index is 6.32. The molecule has 2 heteroatoms. The second kappa shape index (κ2) is 7.12. The van der Waals surface area contributed by atoms with Gasteiger partial charge in [0, 0.05) is 12.0 Å². The second-order valence-corrected chi connectivity index (χ2v) is 6.79. The van der Waals surface area contributed by atoms with Crippen LogP contribution < -0.4 is 10.5 Å². The van der Waals surface area contributed by atoms with E-state index >= 15 is 0 Å². The zero-order chi connectivity index (χ0) is 17.1. The van der Waals surface area contributed by atoms with Gasteiger partial charge in [0.1, 0.15) is 5.75 Å². The number of hydrogen-bond acceptors (Lipinski definition) is 2. The SMILES string of the molecule is NC1Cc2ccccc2C1COc1ccc(Cc2ccccc2)cc1. The molecule has 2 atom stereocenters. The molecule has 2 unspecified atom stereocenters. The molecule has 0 heterocycles. The molecule has 0 aromatic heterocycles. The van der Waals surface area contributed by atoms with E-state index in [-0.39, 0.29) is 12.0 Å². The fourth-order valence-corrected chi connectivity index (χ4v) is 3.64. The molecule has 3 aromatic rings. The molecule has 0 amide bonds. The van der Waals surface area contributed by atoms with Crippen LogP contribution >= 0.6 is 0 Å². The van der Waals surface area contributed by atoms with Crippen molar-refractivity contribution in [2.45, 2.75) is 24.8 Å². The molecule has 2 N–H and O–H groups in total. The summed E-state index contributed by atoms with van der Waals surface area (Å²) < 4.78 is 6.04. The fourth-order valence-electron chi connectivity index (χ4n) is 3.64. The number of benzene rings is 3. The molecule has 1 aliphatic carbocycles. The molecule has 0 saturated heterocycles. The van der Waals surface area contributed by atoms with Crippen molar-refractivity contribution in [3.05, 3.63) is 101 Å². The molecule has 0 radical (unpaired) electrons. The van der Waals surface area contributed by atoms with Gasteiger partial charge in [-0.15, -0.1) is 0 Å². The van der Waals surface area contributed by atoms with Gasteiger partial charge in [0.15, 0.2) is 0 Å². The van der Waals surface area contributed by atoms with Gasteiger partial charge in [0.25, 0.3) is 0 Å². The number of nitrogens with two attached hydrogens (primary N) is 1. The Labute approximate surface area is 149 Å². The first-order chi connectivity index (χ1) is 12.3. The van der Waals surface area contributed by atoms with E-state index in [1.54, 1.807) is 0 Å². The lowest BCUT2D eigenvalue weighted by Crippen LogP contribution is -2.28. The van der Waals surface area contributed by atoms with Crippen molar-refractivity contribution >= 4 is 0 Å². The van der Waals surface area contributed by atoms with E-state index in [0.29, 0.717) is 6.61 Å². The Kier molecular flexibility index (Phi) is 4.53. The first-order valence-corrected chi connectivity index (χ1v) is 8.88. The summed E-state index contributed by atoms with van der Waals surface area (Å²) in [5, 5.41) is 0. The van der Waals surface area contributed by atoms with E-state index in [1.807, 2.05) is 6.07 Å². The van der Waals surface area contributed by atoms with E-state index in [9.17, 15) is 0 Å². The average Bonchev–Trinajstić information content (AvgIpc) is 2.97. The molecule has 4 rings (SSSR count). The van der Waals surface area contributed by atoms with Crippen molar-refractivity contribution in [2.24, 2.45) is 5.73 Å². The summed E-state index contributed by atoms with van der Waals surface area (Å²) in [6.07, 6.45) is 1.89. The monoisotopic (exact) mass is 329 g/mol. The highest BCUT2D eigenvalue weighted by Gasteiger charge is 2.29. The van der Waals surface area contributed by atoms with Gasteiger partial charge >= 0.3 is 0 Å². The average molecular weight is 329 g/mol. The summed E-state index contributed by atoms with van der Waals surface area (Å²) in [5.74, 6) is 1.19. The van der Waals surface area contributed by atoms with Crippen molar-refractivity contribution in [2.75, 3.05) is 6.61 Å². The highest BCUT2D eigenvalue weighted by Crippen LogP contribution is 2.32. The fraction of sp³-hybridized carbons (Fsp3) is 0.217. The molecule has 0 spiro atoms. The summed E-state index contributed by atoms with van der Waals surface area (Å²) in [5.41, 5.74) is 11.6. The smallest absolute Gasteiger partial charge is 0.119 e. The zero-order valence-corrected chi connectivity index (χ0v) is 14.3. The van der Waals surface area contributed by atoms with Crippen LogP contribution in [0.1, 0.15) is 28.2 Å². The summed E-state index contributed by atoms with van der Waals surface area (Å²) in [6.45, 7) is 0.635. The summed E-state index contributed by atoms with van der Waals surface area (Å²) in [4.78, 5) is 0. The van der Waals surface area contributed by atoms with Gasteiger partial charge in [0.2, 0.25) is 0 Å². The molecule has 2 nitrogen and oxygen atoms in total. The quantitative estimate of drug-likeness (QED) is 0.756. The van der Waals surface area contributed by atoms with Crippen molar-refractivity contribution < 1.29 is 4.74 Å². The largest absolute Gasteiger partial charge is 0.493 e. The van der Waals surface area contributed by atoms with Gasteiger partial charge in [-0.2, -0.15) is 0 Å². The maximum atomic E-state index is 6.32. The molecule has 1 aliphatic rings. The minimum Gasteiger partial charge on any atom is -0.493 e. The lowest BCUT2D eigenvalue weighted by Gasteiger charge is -2.17. The molecular weight excluding hydrogens is 306 g/mol. The van der Waals surface area contributed by atoms with E-state index in [2.05, 4.69) is 72.8 Å². The minimum absolute atomic E-state index is 0.148. The van der Waals surface area contributed by atoms with E-state index in [0.717, 1.165) is 18.6 Å². The van der Waals surface area contributed by atoms with Crippen molar-refractivity contribution in [1.29, 1.82) is 0 Å². The number of ether oxygens (including phenoxy) is 1. The molecule has 3 aromatic carbocycles. The Morgan fingerprint density at radius 2 is 1.48 bits per heavy atom. The van der Waals surface area contributed by atoms with Crippen LogP contribution in [0.5, 0.6) is 5.75 Å². The molecule has 0 fully saturated rings. The minimum atomic E-state index is 0.148. The first-order valence-electron chi connectivity index (χ1n) is 8.88. The van der Waals surface area contributed by atoms with Crippen LogP contribution in [0.3, 0.4) is 0 Å². The molecule has 126 valence electrons. The first kappa shape index (κ1) is 15.9. The van der Waals surface area contributed by atoms with Gasteiger partial charge in [-0.25, -0.2) is 0 Å². The summed E-state index contributed by atoms with van der Waals surface area (Å²) in [7, 11) is 0. The van der Waals surface area contributed by atoms with Gasteiger partial charge in [0.05, 0.1) is 6.61 Å². The third kappa shape index (κ3) is 3.59. The highest BCUT2D eigenvalue weighted by molar-refractivity contribution is 5.38. The topological polar surface area (TPSA) is 35.2 Å². The van der Waals surface area contributed by atoms with Crippen LogP contribution in [0.25, 0.3) is 0 Å². The van der Waals surface area contributed by atoms with Gasteiger partial charge in [-0.3, -0.25) is 0 Å². The van der Waals surface area contributed by atoms with Crippen molar-refractivity contribution in [1.82, 2.24) is 0 Å². The van der Waals surface area contributed by atoms with Crippen LogP contribution in [-0.2, 0) is 12.8 Å². The maximum Gasteiger partial charge on any atom is 0.119 e. The van der Waals surface area contributed by atoms with Crippen LogP contribution in [-0.4, -0.2) is 12.6 Å². The molecule has 25 heavy (non-hydrogen) atoms. The lowest BCUT2D eigenvalue weighted by molar-refractivity contribution is 0.276. The van der Waals surface area contributed by atoms with E-state index in [1.165, 1.54) is 22.3 Å². The van der Waals surface area contributed by atoms with Crippen molar-refractivity contribution in [3.63, 3.8) is 0 Å². The zero-order valence-electron chi connectivity index (χ0n) is 14.3. The normalized spacial score (nSPS) is 18.8. The third-order valence-corrected chi connectivity index (χ3v) is 5.03. The predicted octanol–water partition coefficient (Wildman–Crippen LogP) is 4.32. The Hall–Kier alpha value is -2.58. The highest BCUT2D eigenvalue weighted by atomic mass is 16.5. The third-order valence-electron chi connectivity index (χ3n) is 5.03. The van der Waals surface area contributed by atoms with Gasteiger partial charge < -0.3 is 10.5 Å². The Bertz CT molecular complexity index is 826. The second-order valence-electron chi connectivity index (χ2n) is 6.79. The standard InChI is InChI=1S/C23H23NO/c24-23-15-19-8-4-5-9-21(19)22(23)16-25-20-12-10-18(11-13-20)14-17-6-2-1-3-7-17/h1-13,22-23H,14-16,24H2. The van der Waals surface area contributed by atoms with Gasteiger partial charge in [-0.1, -0.05) is 66.7 Å². The summed E-state index contributed by atoms with van der Waals surface area (Å²) in [6, 6.07) is 27.6. The number of fused-ring (bicyclic) bond motifs is 1. The summed E-state index contributed by atoms with van der Waals surface area (Å²) >= 11 is 0. The van der Waals surface area contributed by atoms with Crippen LogP contribution in [0.4, 0.5) is 0 Å². The van der Waals surface area contributed by atoms with Crippen molar-refractivity contribution in [3.8, 4) is 5.75 Å². The Balaban J connectivity index is 1.39. The van der Waals surface area contributed by atoms with E-state index < -0.39 is 0 Å². The molecule has 0 aliphatic heterocycles. The predicted molar refractivity (Wildman–Crippen MR) is 102 cm³/mol. The van der Waals surface area contributed by atoms with Gasteiger partial charge in [-0.05, 0) is 47.2 Å². The van der Waals surface area contributed by atoms with Crippen LogP contribution in [0.15, 0.2) is 78.9 Å². The molecule has 0 bridgehead atoms. The lowest BCUT2D eigenvalue weighted by atomic mass is 10.00. The van der Waals surface area contributed by atoms with E-state index in [4.69, 9.17) is 10.5 Å². The Morgan fingerprint density at radius 3 is 2.28 bits per heavy atom.